The summed E-state index contributed by atoms with van der Waals surface area (Å²) in [5, 5.41) is 4.30. The number of nitrogens with zero attached hydrogens (tertiary/aromatic N) is 1. The van der Waals surface area contributed by atoms with Crippen molar-refractivity contribution in [3.05, 3.63) is 36.5 Å². The molecule has 0 amide bonds. The van der Waals surface area contributed by atoms with Gasteiger partial charge in [-0.2, -0.15) is 0 Å². The van der Waals surface area contributed by atoms with Gasteiger partial charge in [-0.3, -0.25) is 4.98 Å². The van der Waals surface area contributed by atoms with Crippen LogP contribution in [0.5, 0.6) is 5.75 Å². The normalized spacial score (nSPS) is 16.3. The van der Waals surface area contributed by atoms with E-state index in [1.165, 1.54) is 0 Å². The maximum Gasteiger partial charge on any atom is 0.138 e. The van der Waals surface area contributed by atoms with Gasteiger partial charge in [0.1, 0.15) is 11.9 Å². The molecule has 76 valence electrons. The van der Waals surface area contributed by atoms with E-state index in [9.17, 15) is 0 Å². The highest BCUT2D eigenvalue weighted by molar-refractivity contribution is 5.79. The Morgan fingerprint density at radius 1 is 1.27 bits per heavy atom. The SMILES string of the molecule is c1ccc2ncc(OC3CNC3)cc2c1. The molecule has 1 fully saturated rings. The molecule has 0 radical (unpaired) electrons. The van der Waals surface area contributed by atoms with Gasteiger partial charge in [-0.25, -0.2) is 0 Å². The van der Waals surface area contributed by atoms with E-state index >= 15 is 0 Å². The summed E-state index contributed by atoms with van der Waals surface area (Å²) in [7, 11) is 0. The van der Waals surface area contributed by atoms with Crippen molar-refractivity contribution in [1.82, 2.24) is 10.3 Å². The van der Waals surface area contributed by atoms with Gasteiger partial charge in [0.05, 0.1) is 11.7 Å². The van der Waals surface area contributed by atoms with Gasteiger partial charge >= 0.3 is 0 Å². The third-order valence-electron chi connectivity index (χ3n) is 2.61. The Kier molecular flexibility index (Phi) is 2.03. The Morgan fingerprint density at radius 2 is 2.13 bits per heavy atom. The van der Waals surface area contributed by atoms with E-state index in [4.69, 9.17) is 4.74 Å². The number of hydrogen-bond acceptors (Lipinski definition) is 3. The molecule has 3 nitrogen and oxygen atoms in total. The largest absolute Gasteiger partial charge is 0.486 e. The van der Waals surface area contributed by atoms with E-state index in [1.54, 1.807) is 6.20 Å². The van der Waals surface area contributed by atoms with E-state index in [0.717, 1.165) is 29.7 Å². The molecule has 15 heavy (non-hydrogen) atoms. The number of benzene rings is 1. The van der Waals surface area contributed by atoms with Crippen molar-refractivity contribution in [2.45, 2.75) is 6.10 Å². The molecule has 3 rings (SSSR count). The number of aromatic nitrogens is 1. The van der Waals surface area contributed by atoms with Crippen LogP contribution in [0.25, 0.3) is 10.9 Å². The minimum atomic E-state index is 0.313. The van der Waals surface area contributed by atoms with Gasteiger partial charge in [-0.05, 0) is 12.1 Å². The molecule has 2 heterocycles. The Balaban J connectivity index is 1.91. The first-order valence-corrected chi connectivity index (χ1v) is 5.14. The summed E-state index contributed by atoms with van der Waals surface area (Å²) in [4.78, 5) is 4.35. The standard InChI is InChI=1S/C12H12N2O/c1-2-4-12-9(3-1)5-10(8-14-12)15-11-6-13-7-11/h1-5,8,11,13H,6-7H2. The number of fused-ring (bicyclic) bond motifs is 1. The van der Waals surface area contributed by atoms with E-state index in [-0.39, 0.29) is 0 Å². The lowest BCUT2D eigenvalue weighted by Gasteiger charge is -2.27. The highest BCUT2D eigenvalue weighted by Gasteiger charge is 2.18. The second-order valence-electron chi connectivity index (χ2n) is 3.76. The molecule has 3 heteroatoms. The second-order valence-corrected chi connectivity index (χ2v) is 3.76. The van der Waals surface area contributed by atoms with E-state index in [0.29, 0.717) is 6.10 Å². The fourth-order valence-electron chi connectivity index (χ4n) is 1.65. The van der Waals surface area contributed by atoms with E-state index in [1.807, 2.05) is 30.3 Å². The lowest BCUT2D eigenvalue weighted by atomic mass is 10.2. The number of ether oxygens (including phenoxy) is 1. The molecule has 2 aromatic rings. The first-order chi connectivity index (χ1) is 7.42. The molecule has 0 bridgehead atoms. The monoisotopic (exact) mass is 200 g/mol. The lowest BCUT2D eigenvalue weighted by Crippen LogP contribution is -2.50. The Labute approximate surface area is 88.1 Å². The van der Waals surface area contributed by atoms with Crippen LogP contribution in [0.1, 0.15) is 0 Å². The van der Waals surface area contributed by atoms with Crippen LogP contribution in [0.4, 0.5) is 0 Å². The quantitative estimate of drug-likeness (QED) is 0.799. The van der Waals surface area contributed by atoms with Crippen molar-refractivity contribution >= 4 is 10.9 Å². The molecule has 0 unspecified atom stereocenters. The lowest BCUT2D eigenvalue weighted by molar-refractivity contribution is 0.142. The van der Waals surface area contributed by atoms with Crippen molar-refractivity contribution in [1.29, 1.82) is 0 Å². The van der Waals surface area contributed by atoms with Gasteiger partial charge in [-0.15, -0.1) is 0 Å². The number of rotatable bonds is 2. The summed E-state index contributed by atoms with van der Waals surface area (Å²) < 4.78 is 5.73. The van der Waals surface area contributed by atoms with Crippen molar-refractivity contribution in [2.24, 2.45) is 0 Å². The van der Waals surface area contributed by atoms with E-state index < -0.39 is 0 Å². The number of nitrogens with one attached hydrogen (secondary N) is 1. The Hall–Kier alpha value is -1.61. The van der Waals surface area contributed by atoms with Crippen LogP contribution >= 0.6 is 0 Å². The highest BCUT2D eigenvalue weighted by Crippen LogP contribution is 2.19. The van der Waals surface area contributed by atoms with Gasteiger partial charge in [0, 0.05) is 18.5 Å². The molecule has 0 atom stereocenters. The molecule has 1 N–H and O–H groups in total. The van der Waals surface area contributed by atoms with E-state index in [2.05, 4.69) is 10.3 Å². The van der Waals surface area contributed by atoms with Gasteiger partial charge in [0.2, 0.25) is 0 Å². The van der Waals surface area contributed by atoms with Crippen molar-refractivity contribution in [2.75, 3.05) is 13.1 Å². The molecule has 1 saturated heterocycles. The van der Waals surface area contributed by atoms with Crippen molar-refractivity contribution in [3.63, 3.8) is 0 Å². The van der Waals surface area contributed by atoms with Gasteiger partial charge in [-0.1, -0.05) is 18.2 Å². The van der Waals surface area contributed by atoms with Crippen LogP contribution in [0.3, 0.4) is 0 Å². The first kappa shape index (κ1) is 8.68. The van der Waals surface area contributed by atoms with Crippen molar-refractivity contribution in [3.8, 4) is 5.75 Å². The van der Waals surface area contributed by atoms with Gasteiger partial charge in [0.15, 0.2) is 0 Å². The van der Waals surface area contributed by atoms with Crippen LogP contribution in [0, 0.1) is 0 Å². The average molecular weight is 200 g/mol. The summed E-state index contributed by atoms with van der Waals surface area (Å²) in [6.45, 7) is 1.87. The summed E-state index contributed by atoms with van der Waals surface area (Å²) in [5.41, 5.74) is 1.01. The van der Waals surface area contributed by atoms with Crippen LogP contribution in [0.2, 0.25) is 0 Å². The minimum absolute atomic E-state index is 0.313. The van der Waals surface area contributed by atoms with Crippen molar-refractivity contribution < 1.29 is 4.74 Å². The summed E-state index contributed by atoms with van der Waals surface area (Å²) in [5.74, 6) is 0.861. The smallest absolute Gasteiger partial charge is 0.138 e. The van der Waals surface area contributed by atoms with Gasteiger partial charge < -0.3 is 10.1 Å². The minimum Gasteiger partial charge on any atom is -0.486 e. The molecule has 0 aliphatic carbocycles. The third kappa shape index (κ3) is 1.66. The zero-order chi connectivity index (χ0) is 10.1. The predicted octanol–water partition coefficient (Wildman–Crippen LogP) is 1.59. The van der Waals surface area contributed by atoms with Crippen LogP contribution < -0.4 is 10.1 Å². The Morgan fingerprint density at radius 3 is 2.93 bits per heavy atom. The number of pyridine rings is 1. The molecule has 1 aromatic carbocycles. The molecule has 1 aliphatic heterocycles. The predicted molar refractivity (Wildman–Crippen MR) is 59.0 cm³/mol. The van der Waals surface area contributed by atoms with Crippen LogP contribution in [0.15, 0.2) is 36.5 Å². The Bertz CT molecular complexity index is 480. The molecule has 1 aromatic heterocycles. The maximum atomic E-state index is 5.73. The molecule has 0 spiro atoms. The summed E-state index contributed by atoms with van der Waals surface area (Å²) in [6, 6.07) is 10.1. The van der Waals surface area contributed by atoms with Gasteiger partial charge in [0.25, 0.3) is 0 Å². The molecule has 1 aliphatic rings. The fourth-order valence-corrected chi connectivity index (χ4v) is 1.65. The number of hydrogen-bond donors (Lipinski definition) is 1. The average Bonchev–Trinajstić information content (AvgIpc) is 2.23. The number of para-hydroxylation sites is 1. The molecular formula is C12H12N2O. The second kappa shape index (κ2) is 3.51. The summed E-state index contributed by atoms with van der Waals surface area (Å²) in [6.07, 6.45) is 2.11. The first-order valence-electron chi connectivity index (χ1n) is 5.14. The summed E-state index contributed by atoms with van der Waals surface area (Å²) >= 11 is 0. The molecular weight excluding hydrogens is 188 g/mol. The fraction of sp³-hybridized carbons (Fsp3) is 0.250. The highest BCUT2D eigenvalue weighted by atomic mass is 16.5. The zero-order valence-electron chi connectivity index (χ0n) is 8.31. The zero-order valence-corrected chi connectivity index (χ0v) is 8.31. The van der Waals surface area contributed by atoms with Crippen LogP contribution in [-0.2, 0) is 0 Å². The maximum absolute atomic E-state index is 5.73. The topological polar surface area (TPSA) is 34.1 Å². The van der Waals surface area contributed by atoms with Crippen LogP contribution in [-0.4, -0.2) is 24.2 Å². The molecule has 0 saturated carbocycles. The third-order valence-corrected chi connectivity index (χ3v) is 2.61.